The van der Waals surface area contributed by atoms with Crippen LogP contribution in [0.4, 0.5) is 13.2 Å². The highest BCUT2D eigenvalue weighted by Crippen LogP contribution is 2.33. The molecule has 10 heteroatoms. The highest BCUT2D eigenvalue weighted by molar-refractivity contribution is 8.00. The molecule has 1 aromatic heterocycles. The van der Waals surface area contributed by atoms with Gasteiger partial charge >= 0.3 is 6.18 Å². The summed E-state index contributed by atoms with van der Waals surface area (Å²) in [4.78, 5) is 30.5. The molecule has 1 aliphatic heterocycles. The summed E-state index contributed by atoms with van der Waals surface area (Å²) in [7, 11) is 0. The largest absolute Gasteiger partial charge is 0.416 e. The third-order valence-corrected chi connectivity index (χ3v) is 7.06. The van der Waals surface area contributed by atoms with E-state index in [1.54, 1.807) is 0 Å². The fourth-order valence-electron chi connectivity index (χ4n) is 3.41. The van der Waals surface area contributed by atoms with Gasteiger partial charge in [0.25, 0.3) is 5.56 Å². The molecule has 5 nitrogen and oxygen atoms in total. The van der Waals surface area contributed by atoms with Crippen molar-refractivity contribution in [3.63, 3.8) is 0 Å². The molecule has 2 heterocycles. The number of nitrogens with zero attached hydrogens (tertiary/aromatic N) is 2. The van der Waals surface area contributed by atoms with Crippen molar-refractivity contribution < 1.29 is 18.0 Å². The number of hydrogen-bond donors (Lipinski definition) is 1. The van der Waals surface area contributed by atoms with Gasteiger partial charge in [0.05, 0.1) is 27.6 Å². The van der Waals surface area contributed by atoms with Gasteiger partial charge < -0.3 is 5.32 Å². The van der Waals surface area contributed by atoms with Crippen molar-refractivity contribution in [3.8, 4) is 5.69 Å². The number of thioether (sulfide) groups is 2. The SMILES string of the molecule is O=C(CSc1nc2c(c(=O)n1-c1cccc(C(F)(F)F)c1)SCC2)NCCc1ccccc1. The van der Waals surface area contributed by atoms with E-state index in [1.165, 1.54) is 28.5 Å². The molecule has 0 fully saturated rings. The van der Waals surface area contributed by atoms with Gasteiger partial charge in [-0.15, -0.1) is 11.8 Å². The standard InChI is InChI=1S/C23H20F3N3O2S2/c24-23(25,26)16-7-4-8-17(13-16)29-21(31)20-18(10-12-32-20)28-22(29)33-14-19(30)27-11-9-15-5-2-1-3-6-15/h1-8,13H,9-12,14H2,(H,27,30). The van der Waals surface area contributed by atoms with Crippen molar-refractivity contribution in [2.24, 2.45) is 0 Å². The van der Waals surface area contributed by atoms with Gasteiger partial charge in [0.2, 0.25) is 5.91 Å². The van der Waals surface area contributed by atoms with Crippen LogP contribution in [0.1, 0.15) is 16.8 Å². The van der Waals surface area contributed by atoms with Crippen LogP contribution in [0.3, 0.4) is 0 Å². The number of fused-ring (bicyclic) bond motifs is 1. The molecule has 0 radical (unpaired) electrons. The van der Waals surface area contributed by atoms with E-state index in [2.05, 4.69) is 10.3 Å². The maximum Gasteiger partial charge on any atom is 0.416 e. The summed E-state index contributed by atoms with van der Waals surface area (Å²) in [5, 5.41) is 3.04. The van der Waals surface area contributed by atoms with E-state index in [9.17, 15) is 22.8 Å². The van der Waals surface area contributed by atoms with Gasteiger partial charge in [-0.05, 0) is 30.2 Å². The fourth-order valence-corrected chi connectivity index (χ4v) is 5.29. The monoisotopic (exact) mass is 491 g/mol. The third-order valence-electron chi connectivity index (χ3n) is 5.01. The van der Waals surface area contributed by atoms with E-state index >= 15 is 0 Å². The van der Waals surface area contributed by atoms with E-state index in [1.807, 2.05) is 30.3 Å². The van der Waals surface area contributed by atoms with Crippen molar-refractivity contribution in [1.82, 2.24) is 14.9 Å². The number of hydrogen-bond acceptors (Lipinski definition) is 5. The van der Waals surface area contributed by atoms with Crippen molar-refractivity contribution in [1.29, 1.82) is 0 Å². The van der Waals surface area contributed by atoms with E-state index < -0.39 is 17.3 Å². The lowest BCUT2D eigenvalue weighted by molar-refractivity contribution is -0.137. The highest BCUT2D eigenvalue weighted by Gasteiger charge is 2.31. The van der Waals surface area contributed by atoms with Crippen molar-refractivity contribution in [2.45, 2.75) is 29.1 Å². The summed E-state index contributed by atoms with van der Waals surface area (Å²) < 4.78 is 40.9. The summed E-state index contributed by atoms with van der Waals surface area (Å²) in [6.45, 7) is 0.456. The summed E-state index contributed by atoms with van der Waals surface area (Å²) in [5.74, 6) is 0.441. The average Bonchev–Trinajstić information content (AvgIpc) is 3.27. The first kappa shape index (κ1) is 23.4. The topological polar surface area (TPSA) is 64.0 Å². The highest BCUT2D eigenvalue weighted by atomic mass is 32.2. The van der Waals surface area contributed by atoms with Gasteiger partial charge in [0.15, 0.2) is 5.16 Å². The number of aromatic nitrogens is 2. The Bertz CT molecular complexity index is 1210. The van der Waals surface area contributed by atoms with Gasteiger partial charge in [0, 0.05) is 18.7 Å². The Morgan fingerprint density at radius 1 is 1.15 bits per heavy atom. The van der Waals surface area contributed by atoms with Crippen LogP contribution in [0.15, 0.2) is 69.4 Å². The second-order valence-corrected chi connectivity index (χ2v) is 9.38. The maximum atomic E-state index is 13.2. The fraction of sp³-hybridized carbons (Fsp3) is 0.261. The predicted octanol–water partition coefficient (Wildman–Crippen LogP) is 4.35. The summed E-state index contributed by atoms with van der Waals surface area (Å²) in [5.41, 5.74) is 0.537. The quantitative estimate of drug-likeness (QED) is 0.393. The first-order chi connectivity index (χ1) is 15.8. The molecule has 0 spiro atoms. The normalized spacial score (nSPS) is 13.1. The van der Waals surface area contributed by atoms with Crippen LogP contribution < -0.4 is 10.9 Å². The molecular formula is C23H20F3N3O2S2. The number of aryl methyl sites for hydroxylation is 1. The molecule has 3 aromatic rings. The minimum atomic E-state index is -4.54. The van der Waals surface area contributed by atoms with Gasteiger partial charge in [-0.3, -0.25) is 14.2 Å². The van der Waals surface area contributed by atoms with Crippen molar-refractivity contribution in [3.05, 3.63) is 81.8 Å². The Morgan fingerprint density at radius 3 is 2.70 bits per heavy atom. The second-order valence-electron chi connectivity index (χ2n) is 7.33. The maximum absolute atomic E-state index is 13.2. The number of halogens is 3. The van der Waals surface area contributed by atoms with E-state index in [0.29, 0.717) is 35.7 Å². The lowest BCUT2D eigenvalue weighted by atomic mass is 10.1. The Balaban J connectivity index is 1.54. The molecule has 2 aromatic carbocycles. The molecule has 1 aliphatic rings. The molecule has 33 heavy (non-hydrogen) atoms. The number of amides is 1. The molecule has 4 rings (SSSR count). The summed E-state index contributed by atoms with van der Waals surface area (Å²) in [6.07, 6.45) is -3.25. The number of carbonyl (C=O) groups is 1. The Hall–Kier alpha value is -2.72. The van der Waals surface area contributed by atoms with Crippen LogP contribution in [0.5, 0.6) is 0 Å². The number of nitrogens with one attached hydrogen (secondary N) is 1. The molecular weight excluding hydrogens is 471 g/mol. The molecule has 0 aliphatic carbocycles. The van der Waals surface area contributed by atoms with Gasteiger partial charge in [0.1, 0.15) is 0 Å². The van der Waals surface area contributed by atoms with Crippen LogP contribution >= 0.6 is 23.5 Å². The van der Waals surface area contributed by atoms with Crippen molar-refractivity contribution in [2.75, 3.05) is 18.1 Å². The van der Waals surface area contributed by atoms with Gasteiger partial charge in [-0.1, -0.05) is 48.2 Å². The molecule has 0 unspecified atom stereocenters. The Labute approximate surface area is 196 Å². The van der Waals surface area contributed by atoms with Crippen LogP contribution in [0.2, 0.25) is 0 Å². The van der Waals surface area contributed by atoms with Gasteiger partial charge in [-0.2, -0.15) is 13.2 Å². The first-order valence-electron chi connectivity index (χ1n) is 10.2. The van der Waals surface area contributed by atoms with Crippen LogP contribution in [0.25, 0.3) is 5.69 Å². The number of rotatable bonds is 7. The molecule has 1 amide bonds. The zero-order valence-electron chi connectivity index (χ0n) is 17.4. The van der Waals surface area contributed by atoms with Gasteiger partial charge in [-0.25, -0.2) is 4.98 Å². The lowest BCUT2D eigenvalue weighted by Crippen LogP contribution is -2.28. The van der Waals surface area contributed by atoms with Crippen LogP contribution in [-0.2, 0) is 23.8 Å². The number of carbonyl (C=O) groups excluding carboxylic acids is 1. The number of alkyl halides is 3. The average molecular weight is 492 g/mol. The minimum Gasteiger partial charge on any atom is -0.355 e. The second kappa shape index (κ2) is 10.0. The molecule has 0 saturated heterocycles. The smallest absolute Gasteiger partial charge is 0.355 e. The summed E-state index contributed by atoms with van der Waals surface area (Å²) >= 11 is 2.39. The zero-order chi connectivity index (χ0) is 23.4. The van der Waals surface area contributed by atoms with E-state index in [-0.39, 0.29) is 22.5 Å². The number of benzene rings is 2. The predicted molar refractivity (Wildman–Crippen MR) is 123 cm³/mol. The van der Waals surface area contributed by atoms with Crippen molar-refractivity contribution >= 4 is 29.4 Å². The van der Waals surface area contributed by atoms with Crippen LogP contribution in [-0.4, -0.2) is 33.5 Å². The minimum absolute atomic E-state index is 0.00782. The summed E-state index contributed by atoms with van der Waals surface area (Å²) in [6, 6.07) is 14.3. The van der Waals surface area contributed by atoms with Crippen LogP contribution in [0, 0.1) is 0 Å². The molecule has 172 valence electrons. The Morgan fingerprint density at radius 2 is 1.94 bits per heavy atom. The Kier molecular flexibility index (Phi) is 7.14. The third kappa shape index (κ3) is 5.62. The van der Waals surface area contributed by atoms with E-state index in [0.717, 1.165) is 29.5 Å². The first-order valence-corrected chi connectivity index (χ1v) is 12.2. The molecule has 0 saturated carbocycles. The molecule has 0 atom stereocenters. The lowest BCUT2D eigenvalue weighted by Gasteiger charge is -2.15. The zero-order valence-corrected chi connectivity index (χ0v) is 19.0. The molecule has 0 bridgehead atoms. The van der Waals surface area contributed by atoms with E-state index in [4.69, 9.17) is 0 Å². The molecule has 1 N–H and O–H groups in total.